The van der Waals surface area contributed by atoms with Crippen molar-refractivity contribution in [1.82, 2.24) is 4.98 Å². The van der Waals surface area contributed by atoms with Gasteiger partial charge in [-0.3, -0.25) is 0 Å². The number of ether oxygens (including phenoxy) is 1. The largest absolute Gasteiger partial charge is 0.496 e. The van der Waals surface area contributed by atoms with Crippen LogP contribution >= 0.6 is 46.1 Å². The highest BCUT2D eigenvalue weighted by atomic mass is 35.5. The lowest BCUT2D eigenvalue weighted by Gasteiger charge is -2.10. The van der Waals surface area contributed by atoms with Crippen LogP contribution in [0.1, 0.15) is 0 Å². The lowest BCUT2D eigenvalue weighted by Crippen LogP contribution is -1.89. The van der Waals surface area contributed by atoms with E-state index in [1.807, 2.05) is 60.0 Å². The van der Waals surface area contributed by atoms with Crippen molar-refractivity contribution in [2.75, 3.05) is 7.11 Å². The maximum absolute atomic E-state index is 6.38. The highest BCUT2D eigenvalue weighted by Crippen LogP contribution is 2.38. The van der Waals surface area contributed by atoms with E-state index in [4.69, 9.17) is 44.5 Å². The van der Waals surface area contributed by atoms with E-state index in [0.717, 1.165) is 38.7 Å². The zero-order chi connectivity index (χ0) is 19.7. The van der Waals surface area contributed by atoms with Gasteiger partial charge in [0, 0.05) is 22.1 Å². The quantitative estimate of drug-likeness (QED) is 0.316. The predicted molar refractivity (Wildman–Crippen MR) is 120 cm³/mol. The third kappa shape index (κ3) is 3.76. The Balaban J connectivity index is 1.65. The molecule has 0 radical (unpaired) electrons. The average Bonchev–Trinajstić information content (AvgIpc) is 3.20. The molecule has 4 rings (SSSR count). The minimum absolute atomic E-state index is 0.520. The van der Waals surface area contributed by atoms with E-state index in [1.165, 1.54) is 0 Å². The number of hydrogen-bond donors (Lipinski definition) is 0. The van der Waals surface area contributed by atoms with Crippen molar-refractivity contribution in [3.8, 4) is 38.7 Å². The van der Waals surface area contributed by atoms with Gasteiger partial charge in [0.2, 0.25) is 0 Å². The van der Waals surface area contributed by atoms with E-state index >= 15 is 0 Å². The number of hydrogen-bond acceptors (Lipinski definition) is 3. The molecule has 1 heterocycles. The molecule has 0 amide bonds. The number of aromatic nitrogens is 1. The summed E-state index contributed by atoms with van der Waals surface area (Å²) in [6, 6.07) is 19.3. The Labute approximate surface area is 182 Å². The van der Waals surface area contributed by atoms with Crippen molar-refractivity contribution >= 4 is 46.1 Å². The third-order valence-corrected chi connectivity index (χ3v) is 6.28. The molecule has 6 heteroatoms. The summed E-state index contributed by atoms with van der Waals surface area (Å²) in [6.45, 7) is 0. The van der Waals surface area contributed by atoms with Gasteiger partial charge in [0.25, 0.3) is 0 Å². The Morgan fingerprint density at radius 3 is 2.21 bits per heavy atom. The van der Waals surface area contributed by atoms with E-state index in [-0.39, 0.29) is 0 Å². The maximum atomic E-state index is 6.38. The lowest BCUT2D eigenvalue weighted by molar-refractivity contribution is 0.416. The highest BCUT2D eigenvalue weighted by molar-refractivity contribution is 7.13. The van der Waals surface area contributed by atoms with Crippen LogP contribution in [-0.4, -0.2) is 12.1 Å². The van der Waals surface area contributed by atoms with E-state index in [9.17, 15) is 0 Å². The molecule has 0 aliphatic carbocycles. The summed E-state index contributed by atoms with van der Waals surface area (Å²) in [6.07, 6.45) is 0. The van der Waals surface area contributed by atoms with Gasteiger partial charge in [-0.05, 0) is 29.8 Å². The summed E-state index contributed by atoms with van der Waals surface area (Å²) in [7, 11) is 1.64. The van der Waals surface area contributed by atoms with Gasteiger partial charge in [-0.15, -0.1) is 11.3 Å². The van der Waals surface area contributed by atoms with Gasteiger partial charge in [-0.2, -0.15) is 0 Å². The van der Waals surface area contributed by atoms with Crippen LogP contribution in [0.4, 0.5) is 0 Å². The first-order valence-electron chi connectivity index (χ1n) is 8.41. The van der Waals surface area contributed by atoms with E-state index in [1.54, 1.807) is 24.5 Å². The molecule has 0 saturated carbocycles. The van der Waals surface area contributed by atoms with Crippen LogP contribution in [0.15, 0.2) is 66.0 Å². The number of nitrogens with zero attached hydrogens (tertiary/aromatic N) is 1. The summed E-state index contributed by atoms with van der Waals surface area (Å²) in [5.74, 6) is 0.747. The fourth-order valence-electron chi connectivity index (χ4n) is 2.93. The Kier molecular flexibility index (Phi) is 5.61. The molecule has 4 aromatic rings. The molecule has 0 aliphatic rings. The molecule has 0 bridgehead atoms. The minimum atomic E-state index is 0.520. The average molecular weight is 447 g/mol. The summed E-state index contributed by atoms with van der Waals surface area (Å²) >= 11 is 20.1. The topological polar surface area (TPSA) is 22.1 Å². The smallest absolute Gasteiger partial charge is 0.128 e. The predicted octanol–water partition coefficient (Wildman–Crippen LogP) is 8.11. The molecule has 28 heavy (non-hydrogen) atoms. The Hall–Kier alpha value is -2.04. The minimum Gasteiger partial charge on any atom is -0.496 e. The third-order valence-electron chi connectivity index (χ3n) is 4.34. The van der Waals surface area contributed by atoms with Crippen molar-refractivity contribution in [3.63, 3.8) is 0 Å². The van der Waals surface area contributed by atoms with Gasteiger partial charge < -0.3 is 4.74 Å². The summed E-state index contributed by atoms with van der Waals surface area (Å²) in [5.41, 5.74) is 4.72. The molecule has 0 unspecified atom stereocenters. The maximum Gasteiger partial charge on any atom is 0.128 e. The molecule has 2 nitrogen and oxygen atoms in total. The monoisotopic (exact) mass is 445 g/mol. The second-order valence-electron chi connectivity index (χ2n) is 6.06. The number of methoxy groups -OCH3 is 1. The number of rotatable bonds is 4. The molecule has 0 saturated heterocycles. The van der Waals surface area contributed by atoms with E-state index in [2.05, 4.69) is 0 Å². The fraction of sp³-hybridized carbons (Fsp3) is 0.0455. The second kappa shape index (κ2) is 8.14. The van der Waals surface area contributed by atoms with Gasteiger partial charge in [-0.1, -0.05) is 71.2 Å². The first-order valence-corrected chi connectivity index (χ1v) is 10.4. The van der Waals surface area contributed by atoms with Crippen LogP contribution < -0.4 is 4.74 Å². The molecular weight excluding hydrogens is 433 g/mol. The van der Waals surface area contributed by atoms with Crippen LogP contribution in [0, 0.1) is 0 Å². The standard InChI is InChI=1S/C22H14Cl3NOS/c1-27-20-4-2-3-17(24)21(20)13-5-7-14(8-6-13)22-26-19(12-28-22)15-9-10-16(23)18(25)11-15/h2-12H,1H3. The molecule has 140 valence electrons. The lowest BCUT2D eigenvalue weighted by atomic mass is 10.0. The first-order chi connectivity index (χ1) is 13.6. The summed E-state index contributed by atoms with van der Waals surface area (Å²) in [5, 5.41) is 4.65. The van der Waals surface area contributed by atoms with E-state index in [0.29, 0.717) is 15.1 Å². The van der Waals surface area contributed by atoms with Gasteiger partial charge in [0.05, 0.1) is 27.9 Å². The van der Waals surface area contributed by atoms with Gasteiger partial charge in [0.1, 0.15) is 10.8 Å². The molecule has 1 aromatic heterocycles. The zero-order valence-electron chi connectivity index (χ0n) is 14.7. The van der Waals surface area contributed by atoms with Gasteiger partial charge >= 0.3 is 0 Å². The van der Waals surface area contributed by atoms with Crippen molar-refractivity contribution in [2.45, 2.75) is 0 Å². The Morgan fingerprint density at radius 2 is 1.50 bits per heavy atom. The van der Waals surface area contributed by atoms with Crippen LogP contribution in [0.25, 0.3) is 33.0 Å². The molecule has 0 aliphatic heterocycles. The highest BCUT2D eigenvalue weighted by Gasteiger charge is 2.12. The molecule has 0 spiro atoms. The molecule has 3 aromatic carbocycles. The van der Waals surface area contributed by atoms with Crippen molar-refractivity contribution in [3.05, 3.63) is 81.1 Å². The van der Waals surface area contributed by atoms with Crippen LogP contribution in [0.2, 0.25) is 15.1 Å². The van der Waals surface area contributed by atoms with Gasteiger partial charge in [0.15, 0.2) is 0 Å². The normalized spacial score (nSPS) is 10.9. The van der Waals surface area contributed by atoms with Crippen molar-refractivity contribution in [1.29, 1.82) is 0 Å². The number of halogens is 3. The van der Waals surface area contributed by atoms with Crippen LogP contribution in [0.5, 0.6) is 5.75 Å². The number of benzene rings is 3. The molecular formula is C22H14Cl3NOS. The fourth-order valence-corrected chi connectivity index (χ4v) is 4.34. The summed E-state index contributed by atoms with van der Waals surface area (Å²) < 4.78 is 5.45. The molecule has 0 fully saturated rings. The summed E-state index contributed by atoms with van der Waals surface area (Å²) in [4.78, 5) is 4.74. The molecule has 0 N–H and O–H groups in total. The van der Waals surface area contributed by atoms with Crippen molar-refractivity contribution < 1.29 is 4.74 Å². The first kappa shape index (κ1) is 19.3. The zero-order valence-corrected chi connectivity index (χ0v) is 17.8. The van der Waals surface area contributed by atoms with Gasteiger partial charge in [-0.25, -0.2) is 4.98 Å². The Bertz CT molecular complexity index is 1140. The molecule has 0 atom stereocenters. The second-order valence-corrected chi connectivity index (χ2v) is 8.14. The van der Waals surface area contributed by atoms with Crippen LogP contribution in [0.3, 0.4) is 0 Å². The van der Waals surface area contributed by atoms with Crippen LogP contribution in [-0.2, 0) is 0 Å². The van der Waals surface area contributed by atoms with E-state index < -0.39 is 0 Å². The number of thiazole rings is 1. The SMILES string of the molecule is COc1cccc(Cl)c1-c1ccc(-c2nc(-c3ccc(Cl)c(Cl)c3)cs2)cc1. The van der Waals surface area contributed by atoms with Crippen molar-refractivity contribution in [2.24, 2.45) is 0 Å². The Morgan fingerprint density at radius 1 is 0.786 bits per heavy atom.